The highest BCUT2D eigenvalue weighted by atomic mass is 16.2. The van der Waals surface area contributed by atoms with Gasteiger partial charge in [0.2, 0.25) is 5.91 Å². The van der Waals surface area contributed by atoms with Gasteiger partial charge in [0.05, 0.1) is 34.9 Å². The van der Waals surface area contributed by atoms with Crippen molar-refractivity contribution in [2.45, 2.75) is 44.7 Å². The van der Waals surface area contributed by atoms with Gasteiger partial charge < -0.3 is 14.8 Å². The van der Waals surface area contributed by atoms with Crippen molar-refractivity contribution in [2.24, 2.45) is 7.05 Å². The van der Waals surface area contributed by atoms with Crippen LogP contribution in [-0.2, 0) is 23.8 Å². The molecule has 4 heterocycles. The van der Waals surface area contributed by atoms with Gasteiger partial charge in [-0.05, 0) is 26.7 Å². The van der Waals surface area contributed by atoms with E-state index in [4.69, 9.17) is 0 Å². The number of likely N-dealkylation sites (N-methyl/N-ethyl adjacent to an activating group) is 1. The molecule has 0 radical (unpaired) electrons. The number of piperidine rings is 1. The van der Waals surface area contributed by atoms with E-state index in [1.165, 1.54) is 0 Å². The summed E-state index contributed by atoms with van der Waals surface area (Å²) in [5, 5.41) is 7.97. The summed E-state index contributed by atoms with van der Waals surface area (Å²) < 4.78 is 1.75. The number of amides is 2. The Morgan fingerprint density at radius 3 is 2.52 bits per heavy atom. The van der Waals surface area contributed by atoms with E-state index in [0.29, 0.717) is 37.9 Å². The molecule has 0 bridgehead atoms. The number of carbonyl (C=O) groups is 2. The third-order valence-electron chi connectivity index (χ3n) is 6.40. The first-order chi connectivity index (χ1) is 13.7. The Morgan fingerprint density at radius 1 is 1.24 bits per heavy atom. The first-order valence-corrected chi connectivity index (χ1v) is 10.0. The number of carbonyl (C=O) groups excluding carboxylic acids is 2. The Balaban J connectivity index is 1.56. The molecule has 4 rings (SSSR count). The minimum atomic E-state index is -0.389. The van der Waals surface area contributed by atoms with E-state index < -0.39 is 0 Å². The lowest BCUT2D eigenvalue weighted by molar-refractivity contribution is -0.132. The lowest BCUT2D eigenvalue weighted by atomic mass is 9.78. The minimum Gasteiger partial charge on any atom is -0.348 e. The molecule has 0 unspecified atom stereocenters. The van der Waals surface area contributed by atoms with Crippen LogP contribution in [0, 0.1) is 13.8 Å². The van der Waals surface area contributed by atoms with Gasteiger partial charge in [0.25, 0.3) is 5.91 Å². The van der Waals surface area contributed by atoms with E-state index in [0.717, 1.165) is 22.8 Å². The van der Waals surface area contributed by atoms with Gasteiger partial charge in [-0.15, -0.1) is 0 Å². The molecule has 0 aromatic carbocycles. The van der Waals surface area contributed by atoms with Crippen molar-refractivity contribution in [1.29, 1.82) is 0 Å². The Morgan fingerprint density at radius 2 is 1.93 bits per heavy atom. The lowest BCUT2D eigenvalue weighted by Gasteiger charge is -2.46. The zero-order valence-corrected chi connectivity index (χ0v) is 17.7. The molecule has 2 aliphatic heterocycles. The van der Waals surface area contributed by atoms with Gasteiger partial charge in [-0.3, -0.25) is 19.6 Å². The maximum Gasteiger partial charge on any atom is 0.257 e. The topological polar surface area (TPSA) is 99.1 Å². The summed E-state index contributed by atoms with van der Waals surface area (Å²) in [6, 6.07) is -0.289. The number of fused-ring (bicyclic) bond motifs is 2. The Bertz CT molecular complexity index is 950. The van der Waals surface area contributed by atoms with E-state index in [2.05, 4.69) is 20.4 Å². The SMILES string of the molecule is Cc1nn(C)c(C)c1C(=O)N1CCC2(CC1)N[C@H](C(=O)N(C)C)Cc1[nH]cnc12. The molecule has 0 aliphatic carbocycles. The number of aromatic amines is 1. The molecule has 29 heavy (non-hydrogen) atoms. The van der Waals surface area contributed by atoms with Crippen molar-refractivity contribution < 1.29 is 9.59 Å². The molecule has 1 fully saturated rings. The number of nitrogens with zero attached hydrogens (tertiary/aromatic N) is 5. The van der Waals surface area contributed by atoms with Crippen LogP contribution in [0.15, 0.2) is 6.33 Å². The van der Waals surface area contributed by atoms with E-state index in [9.17, 15) is 9.59 Å². The van der Waals surface area contributed by atoms with Crippen LogP contribution in [0.4, 0.5) is 0 Å². The summed E-state index contributed by atoms with van der Waals surface area (Å²) in [7, 11) is 5.41. The number of imidazole rings is 1. The number of nitrogens with one attached hydrogen (secondary N) is 2. The monoisotopic (exact) mass is 399 g/mol. The van der Waals surface area contributed by atoms with Crippen LogP contribution in [0.2, 0.25) is 0 Å². The summed E-state index contributed by atoms with van der Waals surface area (Å²) >= 11 is 0. The summed E-state index contributed by atoms with van der Waals surface area (Å²) in [4.78, 5) is 37.1. The molecule has 156 valence electrons. The zero-order valence-electron chi connectivity index (χ0n) is 17.7. The molecule has 9 nitrogen and oxygen atoms in total. The smallest absolute Gasteiger partial charge is 0.257 e. The van der Waals surface area contributed by atoms with Crippen molar-refractivity contribution in [2.75, 3.05) is 27.2 Å². The average molecular weight is 399 g/mol. The molecule has 0 saturated carbocycles. The second-order valence-corrected chi connectivity index (χ2v) is 8.41. The molecule has 1 spiro atoms. The van der Waals surface area contributed by atoms with Crippen LogP contribution >= 0.6 is 0 Å². The van der Waals surface area contributed by atoms with E-state index in [-0.39, 0.29) is 23.4 Å². The molecule has 1 saturated heterocycles. The molecule has 9 heteroatoms. The highest BCUT2D eigenvalue weighted by molar-refractivity contribution is 5.96. The second-order valence-electron chi connectivity index (χ2n) is 8.41. The maximum atomic E-state index is 13.2. The summed E-state index contributed by atoms with van der Waals surface area (Å²) in [6.07, 6.45) is 3.74. The molecule has 2 N–H and O–H groups in total. The highest BCUT2D eigenvalue weighted by Gasteiger charge is 2.46. The number of hydrogen-bond donors (Lipinski definition) is 2. The van der Waals surface area contributed by atoms with Gasteiger partial charge in [0.1, 0.15) is 0 Å². The predicted molar refractivity (Wildman–Crippen MR) is 107 cm³/mol. The molecule has 2 amide bonds. The van der Waals surface area contributed by atoms with Crippen LogP contribution in [0.1, 0.15) is 46.0 Å². The molecular formula is C20H29N7O2. The summed E-state index contributed by atoms with van der Waals surface area (Å²) in [5.74, 6) is 0.0895. The number of hydrogen-bond acceptors (Lipinski definition) is 5. The fourth-order valence-corrected chi connectivity index (χ4v) is 4.72. The summed E-state index contributed by atoms with van der Waals surface area (Å²) in [5.41, 5.74) is 3.96. The fourth-order valence-electron chi connectivity index (χ4n) is 4.72. The van der Waals surface area contributed by atoms with Crippen molar-refractivity contribution in [3.63, 3.8) is 0 Å². The highest BCUT2D eigenvalue weighted by Crippen LogP contribution is 2.38. The van der Waals surface area contributed by atoms with Crippen molar-refractivity contribution in [1.82, 2.24) is 34.9 Å². The van der Waals surface area contributed by atoms with E-state index in [1.807, 2.05) is 25.8 Å². The zero-order chi connectivity index (χ0) is 20.9. The molecule has 2 aromatic rings. The van der Waals surface area contributed by atoms with Crippen LogP contribution in [0.3, 0.4) is 0 Å². The average Bonchev–Trinajstić information content (AvgIpc) is 3.26. The molecule has 2 aromatic heterocycles. The van der Waals surface area contributed by atoms with E-state index in [1.54, 1.807) is 30.0 Å². The number of aromatic nitrogens is 4. The third kappa shape index (κ3) is 3.13. The fraction of sp³-hybridized carbons (Fsp3) is 0.600. The number of rotatable bonds is 2. The van der Waals surface area contributed by atoms with Gasteiger partial charge in [-0.1, -0.05) is 0 Å². The number of H-pyrrole nitrogens is 1. The second kappa shape index (κ2) is 6.98. The van der Waals surface area contributed by atoms with Crippen LogP contribution in [-0.4, -0.2) is 74.6 Å². The van der Waals surface area contributed by atoms with Gasteiger partial charge in [0, 0.05) is 52.0 Å². The first kappa shape index (κ1) is 19.6. The Kier molecular flexibility index (Phi) is 4.72. The summed E-state index contributed by atoms with van der Waals surface area (Å²) in [6.45, 7) is 5.01. The Labute approximate surface area is 170 Å². The maximum absolute atomic E-state index is 13.2. The molecule has 2 aliphatic rings. The number of likely N-dealkylation sites (tertiary alicyclic amines) is 1. The van der Waals surface area contributed by atoms with Crippen molar-refractivity contribution in [3.8, 4) is 0 Å². The predicted octanol–water partition coefficient (Wildman–Crippen LogP) is 0.494. The van der Waals surface area contributed by atoms with Crippen molar-refractivity contribution >= 4 is 11.8 Å². The largest absolute Gasteiger partial charge is 0.348 e. The molecular weight excluding hydrogens is 370 g/mol. The van der Waals surface area contributed by atoms with Crippen LogP contribution in [0.5, 0.6) is 0 Å². The van der Waals surface area contributed by atoms with Gasteiger partial charge in [-0.2, -0.15) is 5.10 Å². The van der Waals surface area contributed by atoms with Crippen LogP contribution < -0.4 is 5.32 Å². The van der Waals surface area contributed by atoms with Crippen molar-refractivity contribution in [3.05, 3.63) is 34.7 Å². The minimum absolute atomic E-state index is 0.0296. The van der Waals surface area contributed by atoms with Gasteiger partial charge in [-0.25, -0.2) is 4.98 Å². The lowest BCUT2D eigenvalue weighted by Crippen LogP contribution is -2.61. The number of aryl methyl sites for hydroxylation is 2. The first-order valence-electron chi connectivity index (χ1n) is 10.0. The standard InChI is InChI=1S/C20H29N7O2/c1-12-16(13(2)26(5)24-12)19(29)27-8-6-20(7-9-27)17-14(21-11-22-17)10-15(23-20)18(28)25(3)4/h11,15,23H,6-10H2,1-5H3,(H,21,22)/t15-/m0/s1. The Hall–Kier alpha value is -2.68. The van der Waals surface area contributed by atoms with Gasteiger partial charge >= 0.3 is 0 Å². The normalized spacial score (nSPS) is 20.6. The molecule has 1 atom stereocenters. The van der Waals surface area contributed by atoms with Gasteiger partial charge in [0.15, 0.2) is 0 Å². The third-order valence-corrected chi connectivity index (χ3v) is 6.40. The quantitative estimate of drug-likeness (QED) is 0.766. The van der Waals surface area contributed by atoms with E-state index >= 15 is 0 Å². The van der Waals surface area contributed by atoms with Crippen LogP contribution in [0.25, 0.3) is 0 Å².